The number of amides is 1. The van der Waals surface area contributed by atoms with Gasteiger partial charge in [-0.1, -0.05) is 17.3 Å². The zero-order chi connectivity index (χ0) is 20.5. The van der Waals surface area contributed by atoms with Crippen molar-refractivity contribution in [1.82, 2.24) is 19.8 Å². The van der Waals surface area contributed by atoms with E-state index >= 15 is 0 Å². The second-order valence-electron chi connectivity index (χ2n) is 7.37. The Bertz CT molecular complexity index is 1060. The van der Waals surface area contributed by atoms with Crippen molar-refractivity contribution >= 4 is 17.4 Å². The first-order valence-electron chi connectivity index (χ1n) is 9.71. The third-order valence-electron chi connectivity index (χ3n) is 5.59. The van der Waals surface area contributed by atoms with Crippen LogP contribution in [-0.2, 0) is 24.3 Å². The van der Waals surface area contributed by atoms with Crippen molar-refractivity contribution < 1.29 is 13.7 Å². The van der Waals surface area contributed by atoms with Gasteiger partial charge in [-0.05, 0) is 38.5 Å². The van der Waals surface area contributed by atoms with Crippen molar-refractivity contribution in [2.24, 2.45) is 0 Å². The molecule has 0 spiro atoms. The molecule has 0 radical (unpaired) electrons. The Morgan fingerprint density at radius 1 is 1.28 bits per heavy atom. The van der Waals surface area contributed by atoms with E-state index in [1.165, 1.54) is 6.07 Å². The summed E-state index contributed by atoms with van der Waals surface area (Å²) in [4.78, 5) is 14.6. The van der Waals surface area contributed by atoms with Crippen LogP contribution in [0.4, 0.5) is 15.9 Å². The van der Waals surface area contributed by atoms with Gasteiger partial charge in [-0.2, -0.15) is 5.10 Å². The molecule has 3 heterocycles. The standard InChI is InChI=1S/C21H24FN5O2/c1-13-14(2)24-27(15(13)3)11-9-20(28)26-10-8-19-16(12-26)21(25-29-19)23-18-7-5-4-6-17(18)22/h4-7H,8-12H2,1-3H3,(H,23,25). The third-order valence-corrected chi connectivity index (χ3v) is 5.59. The Balaban J connectivity index is 1.44. The van der Waals surface area contributed by atoms with Gasteiger partial charge in [0.15, 0.2) is 5.82 Å². The van der Waals surface area contributed by atoms with Crippen LogP contribution in [0.5, 0.6) is 0 Å². The SMILES string of the molecule is Cc1nn(CCC(=O)N2CCc3onc(Nc4ccccc4F)c3C2)c(C)c1C. The maximum Gasteiger partial charge on any atom is 0.224 e. The summed E-state index contributed by atoms with van der Waals surface area (Å²) in [6.45, 7) is 7.55. The number of benzene rings is 1. The smallest absolute Gasteiger partial charge is 0.224 e. The molecule has 0 fully saturated rings. The summed E-state index contributed by atoms with van der Waals surface area (Å²) in [5.41, 5.74) is 4.37. The molecule has 29 heavy (non-hydrogen) atoms. The van der Waals surface area contributed by atoms with Crippen LogP contribution in [-0.4, -0.2) is 32.3 Å². The minimum atomic E-state index is -0.367. The van der Waals surface area contributed by atoms with Crippen LogP contribution in [0.3, 0.4) is 0 Å². The van der Waals surface area contributed by atoms with Gasteiger partial charge >= 0.3 is 0 Å². The summed E-state index contributed by atoms with van der Waals surface area (Å²) in [7, 11) is 0. The predicted octanol–water partition coefficient (Wildman–Crippen LogP) is 3.65. The number of hydrogen-bond donors (Lipinski definition) is 1. The van der Waals surface area contributed by atoms with Gasteiger partial charge in [0, 0.05) is 31.6 Å². The third kappa shape index (κ3) is 3.74. The fourth-order valence-corrected chi connectivity index (χ4v) is 3.57. The number of fused-ring (bicyclic) bond motifs is 1. The lowest BCUT2D eigenvalue weighted by molar-refractivity contribution is -0.132. The van der Waals surface area contributed by atoms with Crippen molar-refractivity contribution in [1.29, 1.82) is 0 Å². The molecule has 1 aliphatic heterocycles. The van der Waals surface area contributed by atoms with Gasteiger partial charge in [0.1, 0.15) is 11.6 Å². The largest absolute Gasteiger partial charge is 0.359 e. The van der Waals surface area contributed by atoms with E-state index in [1.54, 1.807) is 23.1 Å². The summed E-state index contributed by atoms with van der Waals surface area (Å²) in [5, 5.41) is 11.5. The maximum absolute atomic E-state index is 13.9. The first kappa shape index (κ1) is 19.2. The zero-order valence-corrected chi connectivity index (χ0v) is 16.8. The highest BCUT2D eigenvalue weighted by molar-refractivity contribution is 5.77. The van der Waals surface area contributed by atoms with Crippen molar-refractivity contribution in [3.05, 3.63) is 58.4 Å². The van der Waals surface area contributed by atoms with E-state index < -0.39 is 0 Å². The minimum absolute atomic E-state index is 0.0545. The molecule has 1 amide bonds. The highest BCUT2D eigenvalue weighted by atomic mass is 19.1. The number of carbonyl (C=O) groups is 1. The highest BCUT2D eigenvalue weighted by Crippen LogP contribution is 2.29. The number of nitrogens with one attached hydrogen (secondary N) is 1. The van der Waals surface area contributed by atoms with Gasteiger partial charge in [0.25, 0.3) is 0 Å². The normalized spacial score (nSPS) is 13.4. The number of carbonyl (C=O) groups excluding carboxylic acids is 1. The Labute approximate surface area is 168 Å². The molecule has 3 aromatic rings. The van der Waals surface area contributed by atoms with E-state index in [0.717, 1.165) is 28.3 Å². The van der Waals surface area contributed by atoms with Crippen LogP contribution < -0.4 is 5.32 Å². The molecule has 0 bridgehead atoms. The van der Waals surface area contributed by atoms with E-state index in [1.807, 2.05) is 25.5 Å². The molecule has 2 aromatic heterocycles. The number of para-hydroxylation sites is 1. The zero-order valence-electron chi connectivity index (χ0n) is 16.8. The lowest BCUT2D eigenvalue weighted by Gasteiger charge is -2.26. The van der Waals surface area contributed by atoms with Crippen molar-refractivity contribution in [2.75, 3.05) is 11.9 Å². The van der Waals surface area contributed by atoms with Gasteiger partial charge < -0.3 is 14.7 Å². The monoisotopic (exact) mass is 397 g/mol. The van der Waals surface area contributed by atoms with Gasteiger partial charge in [0.2, 0.25) is 5.91 Å². The first-order valence-corrected chi connectivity index (χ1v) is 9.71. The molecule has 0 saturated carbocycles. The van der Waals surface area contributed by atoms with Crippen molar-refractivity contribution in [3.8, 4) is 0 Å². The number of aromatic nitrogens is 3. The van der Waals surface area contributed by atoms with E-state index in [-0.39, 0.29) is 11.7 Å². The summed E-state index contributed by atoms with van der Waals surface area (Å²) < 4.78 is 21.2. The fraction of sp³-hybridized carbons (Fsp3) is 0.381. The molecule has 0 saturated heterocycles. The maximum atomic E-state index is 13.9. The van der Waals surface area contributed by atoms with Crippen LogP contribution >= 0.6 is 0 Å². The molecular weight excluding hydrogens is 373 g/mol. The summed E-state index contributed by atoms with van der Waals surface area (Å²) in [6.07, 6.45) is 0.962. The van der Waals surface area contributed by atoms with E-state index in [0.29, 0.717) is 44.0 Å². The quantitative estimate of drug-likeness (QED) is 0.711. The summed E-state index contributed by atoms with van der Waals surface area (Å²) >= 11 is 0. The molecule has 0 aliphatic carbocycles. The highest BCUT2D eigenvalue weighted by Gasteiger charge is 2.27. The minimum Gasteiger partial charge on any atom is -0.359 e. The van der Waals surface area contributed by atoms with E-state index in [2.05, 4.69) is 15.6 Å². The Kier molecular flexibility index (Phi) is 5.08. The van der Waals surface area contributed by atoms with Gasteiger partial charge in [0.05, 0.1) is 23.5 Å². The molecule has 1 aromatic carbocycles. The summed E-state index contributed by atoms with van der Waals surface area (Å²) in [5.74, 6) is 0.880. The van der Waals surface area contributed by atoms with Crippen LogP contribution in [0, 0.1) is 26.6 Å². The lowest BCUT2D eigenvalue weighted by atomic mass is 10.1. The van der Waals surface area contributed by atoms with E-state index in [4.69, 9.17) is 4.52 Å². The van der Waals surface area contributed by atoms with Gasteiger partial charge in [-0.25, -0.2) is 4.39 Å². The average Bonchev–Trinajstić information content (AvgIpc) is 3.23. The number of nitrogens with zero attached hydrogens (tertiary/aromatic N) is 4. The second kappa shape index (κ2) is 7.69. The molecular formula is C21H24FN5O2. The Morgan fingerprint density at radius 3 is 2.79 bits per heavy atom. The van der Waals surface area contributed by atoms with Crippen LogP contribution in [0.25, 0.3) is 0 Å². The molecule has 1 aliphatic rings. The molecule has 4 rings (SSSR count). The van der Waals surface area contributed by atoms with Crippen molar-refractivity contribution in [2.45, 2.75) is 46.7 Å². The van der Waals surface area contributed by atoms with Crippen molar-refractivity contribution in [3.63, 3.8) is 0 Å². The molecule has 1 N–H and O–H groups in total. The topological polar surface area (TPSA) is 76.2 Å². The number of anilines is 2. The number of aryl methyl sites for hydroxylation is 2. The Morgan fingerprint density at radius 2 is 2.07 bits per heavy atom. The molecule has 8 heteroatoms. The Hall–Kier alpha value is -3.16. The van der Waals surface area contributed by atoms with Crippen LogP contribution in [0.2, 0.25) is 0 Å². The van der Waals surface area contributed by atoms with Crippen LogP contribution in [0.1, 0.15) is 34.7 Å². The molecule has 0 atom stereocenters. The number of halogens is 1. The number of rotatable bonds is 5. The second-order valence-corrected chi connectivity index (χ2v) is 7.37. The molecule has 0 unspecified atom stereocenters. The molecule has 152 valence electrons. The predicted molar refractivity (Wildman–Crippen MR) is 106 cm³/mol. The van der Waals surface area contributed by atoms with E-state index in [9.17, 15) is 9.18 Å². The fourth-order valence-electron chi connectivity index (χ4n) is 3.57. The number of hydrogen-bond acceptors (Lipinski definition) is 5. The van der Waals surface area contributed by atoms with Crippen LogP contribution in [0.15, 0.2) is 28.8 Å². The lowest BCUT2D eigenvalue weighted by Crippen LogP contribution is -2.36. The van der Waals surface area contributed by atoms with Gasteiger partial charge in [-0.3, -0.25) is 9.48 Å². The first-order chi connectivity index (χ1) is 13.9. The van der Waals surface area contributed by atoms with Gasteiger partial charge in [-0.15, -0.1) is 0 Å². The average molecular weight is 397 g/mol. The summed E-state index contributed by atoms with van der Waals surface area (Å²) in [6, 6.07) is 6.39. The molecule has 7 nitrogen and oxygen atoms in total.